The Labute approximate surface area is 211 Å². The van der Waals surface area contributed by atoms with E-state index in [1.165, 1.54) is 21.9 Å². The molecular formula is C30H30N2O4. The van der Waals surface area contributed by atoms with Gasteiger partial charge in [0.15, 0.2) is 11.5 Å². The summed E-state index contributed by atoms with van der Waals surface area (Å²) in [6.45, 7) is 3.19. The molecule has 6 rings (SSSR count). The first-order chi connectivity index (χ1) is 17.6. The van der Waals surface area contributed by atoms with Crippen molar-refractivity contribution in [3.8, 4) is 17.2 Å². The van der Waals surface area contributed by atoms with Gasteiger partial charge in [-0.3, -0.25) is 9.69 Å². The molecule has 4 aromatic carbocycles. The number of fused-ring (bicyclic) bond motifs is 7. The fraction of sp³-hybridized carbons (Fsp3) is 0.300. The Morgan fingerprint density at radius 3 is 2.22 bits per heavy atom. The van der Waals surface area contributed by atoms with Crippen LogP contribution in [0.3, 0.4) is 0 Å². The summed E-state index contributed by atoms with van der Waals surface area (Å²) < 4.78 is 16.9. The van der Waals surface area contributed by atoms with E-state index in [1.54, 1.807) is 21.3 Å². The van der Waals surface area contributed by atoms with E-state index in [0.29, 0.717) is 5.75 Å². The van der Waals surface area contributed by atoms with Crippen molar-refractivity contribution in [1.29, 1.82) is 0 Å². The molecule has 0 radical (unpaired) electrons. The van der Waals surface area contributed by atoms with Crippen LogP contribution in [0.15, 0.2) is 60.7 Å². The van der Waals surface area contributed by atoms with Crippen molar-refractivity contribution >= 4 is 27.5 Å². The summed E-state index contributed by atoms with van der Waals surface area (Å²) in [4.78, 5) is 17.7. The molecule has 0 N–H and O–H groups in total. The zero-order valence-corrected chi connectivity index (χ0v) is 20.9. The lowest BCUT2D eigenvalue weighted by atomic mass is 9.84. The summed E-state index contributed by atoms with van der Waals surface area (Å²) in [5, 5.41) is 4.70. The highest BCUT2D eigenvalue weighted by molar-refractivity contribution is 6.12. The predicted molar refractivity (Wildman–Crippen MR) is 141 cm³/mol. The van der Waals surface area contributed by atoms with Gasteiger partial charge in [0.25, 0.3) is 5.91 Å². The van der Waals surface area contributed by atoms with E-state index < -0.39 is 0 Å². The second-order valence-electron chi connectivity index (χ2n) is 9.57. The minimum absolute atomic E-state index is 0.114. The fourth-order valence-electron chi connectivity index (χ4n) is 5.91. The van der Waals surface area contributed by atoms with E-state index in [-0.39, 0.29) is 11.9 Å². The summed E-state index contributed by atoms with van der Waals surface area (Å²) >= 11 is 0. The monoisotopic (exact) mass is 482 g/mol. The maximum absolute atomic E-state index is 13.2. The Hall–Kier alpha value is -3.77. The third-order valence-electron chi connectivity index (χ3n) is 7.77. The summed E-state index contributed by atoms with van der Waals surface area (Å²) in [6, 6.07) is 20.4. The van der Waals surface area contributed by atoms with Crippen LogP contribution in [0.5, 0.6) is 17.2 Å². The number of hydrogen-bond donors (Lipinski definition) is 0. The first-order valence-corrected chi connectivity index (χ1v) is 12.4. The second-order valence-corrected chi connectivity index (χ2v) is 9.57. The number of ether oxygens (including phenoxy) is 3. The van der Waals surface area contributed by atoms with Gasteiger partial charge < -0.3 is 19.1 Å². The van der Waals surface area contributed by atoms with Gasteiger partial charge in [-0.15, -0.1) is 0 Å². The number of carbonyl (C=O) groups is 1. The maximum atomic E-state index is 13.2. The normalized spacial score (nSPS) is 17.5. The maximum Gasteiger partial charge on any atom is 0.253 e. The van der Waals surface area contributed by atoms with Crippen LogP contribution in [0.4, 0.5) is 0 Å². The number of piperazine rings is 1. The molecule has 4 aromatic rings. The highest BCUT2D eigenvalue weighted by Gasteiger charge is 2.35. The Morgan fingerprint density at radius 1 is 0.778 bits per heavy atom. The van der Waals surface area contributed by atoms with Crippen LogP contribution in [-0.4, -0.2) is 62.7 Å². The molecule has 36 heavy (non-hydrogen) atoms. The smallest absolute Gasteiger partial charge is 0.253 e. The Balaban J connectivity index is 1.46. The number of nitrogens with zero attached hydrogens (tertiary/aromatic N) is 2. The average Bonchev–Trinajstić information content (AvgIpc) is 2.95. The molecule has 2 aliphatic rings. The zero-order chi connectivity index (χ0) is 24.8. The number of rotatable bonds is 4. The van der Waals surface area contributed by atoms with Crippen molar-refractivity contribution in [3.05, 3.63) is 77.4 Å². The number of carbonyl (C=O) groups excluding carboxylic acids is 1. The van der Waals surface area contributed by atoms with Crippen LogP contribution >= 0.6 is 0 Å². The van der Waals surface area contributed by atoms with Crippen molar-refractivity contribution in [2.45, 2.75) is 19.0 Å². The molecule has 1 atom stereocenters. The zero-order valence-electron chi connectivity index (χ0n) is 20.9. The third-order valence-corrected chi connectivity index (χ3v) is 7.77. The van der Waals surface area contributed by atoms with Gasteiger partial charge in [0, 0.05) is 37.8 Å². The van der Waals surface area contributed by atoms with Crippen molar-refractivity contribution in [1.82, 2.24) is 9.80 Å². The molecule has 6 nitrogen and oxygen atoms in total. The lowest BCUT2D eigenvalue weighted by Crippen LogP contribution is -2.56. The molecule has 0 saturated carbocycles. The molecule has 0 spiro atoms. The van der Waals surface area contributed by atoms with Crippen LogP contribution in [0.25, 0.3) is 21.5 Å². The molecule has 184 valence electrons. The Bertz CT molecular complexity index is 1470. The van der Waals surface area contributed by atoms with Crippen molar-refractivity contribution in [3.63, 3.8) is 0 Å². The van der Waals surface area contributed by atoms with Gasteiger partial charge in [-0.2, -0.15) is 0 Å². The van der Waals surface area contributed by atoms with Gasteiger partial charge in [-0.25, -0.2) is 0 Å². The number of benzene rings is 4. The Morgan fingerprint density at radius 2 is 1.50 bits per heavy atom. The highest BCUT2D eigenvalue weighted by Crippen LogP contribution is 2.43. The predicted octanol–water partition coefficient (Wildman–Crippen LogP) is 4.90. The van der Waals surface area contributed by atoms with E-state index in [2.05, 4.69) is 29.2 Å². The minimum Gasteiger partial charge on any atom is -0.497 e. The molecule has 6 heteroatoms. The second kappa shape index (κ2) is 9.03. The molecule has 1 fully saturated rings. The van der Waals surface area contributed by atoms with Crippen LogP contribution in [0.2, 0.25) is 0 Å². The van der Waals surface area contributed by atoms with Crippen molar-refractivity contribution in [2.24, 2.45) is 0 Å². The first-order valence-electron chi connectivity index (χ1n) is 12.4. The summed E-state index contributed by atoms with van der Waals surface area (Å²) in [6.07, 6.45) is 0.877. The standard InChI is InChI=1S/C30H30N2O4/c1-34-21-9-10-22-24(14-21)26-16-29(36-3)28(35-2)15-25(26)23-13-20-17-32(12-11-31(20)18-27(22)23)30(33)19-7-5-4-6-8-19/h4-10,14-16,20H,11-13,17-18H2,1-3H3/t20-/m1/s1. The van der Waals surface area contributed by atoms with Crippen LogP contribution in [-0.2, 0) is 13.0 Å². The Kier molecular flexibility index (Phi) is 5.69. The number of hydrogen-bond acceptors (Lipinski definition) is 5. The SMILES string of the molecule is COc1ccc2c3c(c4cc(OC)c(OC)cc4c2c1)C[C@@H]1CN(C(=O)c2ccccc2)CCN1C3. The van der Waals surface area contributed by atoms with E-state index in [4.69, 9.17) is 14.2 Å². The molecule has 0 aliphatic carbocycles. The van der Waals surface area contributed by atoms with Gasteiger partial charge >= 0.3 is 0 Å². The minimum atomic E-state index is 0.114. The molecule has 0 bridgehead atoms. The molecule has 1 amide bonds. The van der Waals surface area contributed by atoms with Crippen molar-refractivity contribution < 1.29 is 19.0 Å². The topological polar surface area (TPSA) is 51.2 Å². The summed E-state index contributed by atoms with van der Waals surface area (Å²) in [7, 11) is 5.05. The third kappa shape index (κ3) is 3.64. The molecule has 0 aromatic heterocycles. The molecule has 2 aliphatic heterocycles. The van der Waals surface area contributed by atoms with E-state index in [0.717, 1.165) is 60.4 Å². The van der Waals surface area contributed by atoms with Gasteiger partial charge in [0.05, 0.1) is 21.3 Å². The van der Waals surface area contributed by atoms with Crippen molar-refractivity contribution in [2.75, 3.05) is 41.0 Å². The molecule has 1 saturated heterocycles. The highest BCUT2D eigenvalue weighted by atomic mass is 16.5. The summed E-state index contributed by atoms with van der Waals surface area (Å²) in [5.74, 6) is 2.38. The lowest BCUT2D eigenvalue weighted by molar-refractivity contribution is 0.0430. The van der Waals surface area contributed by atoms with Gasteiger partial charge in [-0.1, -0.05) is 24.3 Å². The fourth-order valence-corrected chi connectivity index (χ4v) is 5.91. The van der Waals surface area contributed by atoms with E-state index in [9.17, 15) is 4.79 Å². The van der Waals surface area contributed by atoms with E-state index >= 15 is 0 Å². The van der Waals surface area contributed by atoms with Crippen LogP contribution in [0.1, 0.15) is 21.5 Å². The van der Waals surface area contributed by atoms with Gasteiger partial charge in [0.2, 0.25) is 0 Å². The first kappa shape index (κ1) is 22.7. The lowest BCUT2D eigenvalue weighted by Gasteiger charge is -2.45. The quantitative estimate of drug-likeness (QED) is 0.387. The number of methoxy groups -OCH3 is 3. The molecular weight excluding hydrogens is 452 g/mol. The van der Waals surface area contributed by atoms with Crippen LogP contribution < -0.4 is 14.2 Å². The van der Waals surface area contributed by atoms with E-state index in [1.807, 2.05) is 41.3 Å². The average molecular weight is 483 g/mol. The summed E-state index contributed by atoms with van der Waals surface area (Å²) in [5.41, 5.74) is 3.44. The van der Waals surface area contributed by atoms with Gasteiger partial charge in [0.1, 0.15) is 5.75 Å². The molecule has 2 heterocycles. The molecule has 0 unspecified atom stereocenters. The largest absolute Gasteiger partial charge is 0.497 e. The van der Waals surface area contributed by atoms with Gasteiger partial charge in [-0.05, 0) is 75.5 Å². The van der Waals surface area contributed by atoms with Crippen LogP contribution in [0, 0.1) is 0 Å². The number of amides is 1.